The quantitative estimate of drug-likeness (QED) is 0.574. The van der Waals surface area contributed by atoms with E-state index in [0.717, 1.165) is 11.3 Å². The van der Waals surface area contributed by atoms with Gasteiger partial charge in [0.25, 0.3) is 5.91 Å². The fourth-order valence-corrected chi connectivity index (χ4v) is 1.65. The SMILES string of the molecule is Cc1ccnc(NC(=O)c2cnc(C)cc2NN)c1. The molecule has 0 aliphatic heterocycles. The predicted molar refractivity (Wildman–Crippen MR) is 73.7 cm³/mol. The van der Waals surface area contributed by atoms with E-state index < -0.39 is 0 Å². The summed E-state index contributed by atoms with van der Waals surface area (Å²) in [6.45, 7) is 3.75. The maximum atomic E-state index is 12.1. The number of anilines is 2. The van der Waals surface area contributed by atoms with Gasteiger partial charge in [-0.25, -0.2) is 4.98 Å². The highest BCUT2D eigenvalue weighted by Gasteiger charge is 2.12. The van der Waals surface area contributed by atoms with Gasteiger partial charge in [0, 0.05) is 18.1 Å². The summed E-state index contributed by atoms with van der Waals surface area (Å²) >= 11 is 0. The molecule has 0 spiro atoms. The minimum atomic E-state index is -0.307. The molecular formula is C13H15N5O. The molecule has 19 heavy (non-hydrogen) atoms. The molecular weight excluding hydrogens is 242 g/mol. The van der Waals surface area contributed by atoms with Gasteiger partial charge in [-0.05, 0) is 37.6 Å². The monoisotopic (exact) mass is 257 g/mol. The summed E-state index contributed by atoms with van der Waals surface area (Å²) in [5, 5.41) is 2.71. The lowest BCUT2D eigenvalue weighted by atomic mass is 10.2. The van der Waals surface area contributed by atoms with E-state index in [0.29, 0.717) is 17.1 Å². The van der Waals surface area contributed by atoms with Crippen molar-refractivity contribution >= 4 is 17.4 Å². The van der Waals surface area contributed by atoms with Gasteiger partial charge in [-0.1, -0.05) is 0 Å². The van der Waals surface area contributed by atoms with E-state index in [1.807, 2.05) is 19.9 Å². The number of nitrogen functional groups attached to an aromatic ring is 1. The Morgan fingerprint density at radius 3 is 2.74 bits per heavy atom. The van der Waals surface area contributed by atoms with Crippen molar-refractivity contribution in [2.45, 2.75) is 13.8 Å². The average Bonchev–Trinajstić information content (AvgIpc) is 2.38. The smallest absolute Gasteiger partial charge is 0.260 e. The van der Waals surface area contributed by atoms with E-state index in [2.05, 4.69) is 20.7 Å². The summed E-state index contributed by atoms with van der Waals surface area (Å²) < 4.78 is 0. The molecule has 2 aromatic heterocycles. The minimum Gasteiger partial charge on any atom is -0.323 e. The van der Waals surface area contributed by atoms with E-state index in [1.165, 1.54) is 6.20 Å². The van der Waals surface area contributed by atoms with Crippen molar-refractivity contribution in [3.05, 3.63) is 47.4 Å². The van der Waals surface area contributed by atoms with E-state index >= 15 is 0 Å². The second-order valence-electron chi connectivity index (χ2n) is 4.19. The third kappa shape index (κ3) is 3.05. The molecule has 0 aromatic carbocycles. The zero-order valence-corrected chi connectivity index (χ0v) is 10.8. The summed E-state index contributed by atoms with van der Waals surface area (Å²) in [7, 11) is 0. The molecule has 6 heteroatoms. The lowest BCUT2D eigenvalue weighted by Crippen LogP contribution is -2.18. The van der Waals surface area contributed by atoms with Crippen LogP contribution in [-0.4, -0.2) is 15.9 Å². The molecule has 1 amide bonds. The number of carbonyl (C=O) groups is 1. The van der Waals surface area contributed by atoms with Crippen molar-refractivity contribution < 1.29 is 4.79 Å². The lowest BCUT2D eigenvalue weighted by Gasteiger charge is -2.09. The second-order valence-corrected chi connectivity index (χ2v) is 4.19. The van der Waals surface area contributed by atoms with Crippen LogP contribution in [0.1, 0.15) is 21.6 Å². The minimum absolute atomic E-state index is 0.307. The zero-order valence-electron chi connectivity index (χ0n) is 10.8. The number of nitrogens with two attached hydrogens (primary N) is 1. The van der Waals surface area contributed by atoms with Crippen molar-refractivity contribution in [3.63, 3.8) is 0 Å². The van der Waals surface area contributed by atoms with E-state index in [9.17, 15) is 4.79 Å². The summed E-state index contributed by atoms with van der Waals surface area (Å²) in [5.41, 5.74) is 5.18. The van der Waals surface area contributed by atoms with Crippen molar-refractivity contribution in [3.8, 4) is 0 Å². The van der Waals surface area contributed by atoms with Crippen LogP contribution in [-0.2, 0) is 0 Å². The van der Waals surface area contributed by atoms with Crippen molar-refractivity contribution in [2.24, 2.45) is 5.84 Å². The maximum Gasteiger partial charge on any atom is 0.260 e. The normalized spacial score (nSPS) is 10.1. The number of pyridine rings is 2. The van der Waals surface area contributed by atoms with Gasteiger partial charge in [-0.15, -0.1) is 0 Å². The van der Waals surface area contributed by atoms with Crippen LogP contribution < -0.4 is 16.6 Å². The number of aromatic nitrogens is 2. The Bertz CT molecular complexity index is 612. The largest absolute Gasteiger partial charge is 0.323 e. The number of hydrazine groups is 1. The van der Waals surface area contributed by atoms with Gasteiger partial charge >= 0.3 is 0 Å². The summed E-state index contributed by atoms with van der Waals surface area (Å²) in [5.74, 6) is 5.59. The molecule has 2 rings (SSSR count). The molecule has 6 nitrogen and oxygen atoms in total. The third-order valence-corrected chi connectivity index (χ3v) is 2.60. The number of amides is 1. The van der Waals surface area contributed by atoms with Gasteiger partial charge < -0.3 is 10.7 Å². The van der Waals surface area contributed by atoms with Gasteiger partial charge in [0.15, 0.2) is 0 Å². The van der Waals surface area contributed by atoms with Crippen LogP contribution in [0.3, 0.4) is 0 Å². The lowest BCUT2D eigenvalue weighted by molar-refractivity contribution is 0.102. The number of hydrogen-bond acceptors (Lipinski definition) is 5. The highest BCUT2D eigenvalue weighted by molar-refractivity contribution is 6.07. The average molecular weight is 257 g/mol. The van der Waals surface area contributed by atoms with Gasteiger partial charge in [0.05, 0.1) is 11.3 Å². The highest BCUT2D eigenvalue weighted by atomic mass is 16.1. The zero-order chi connectivity index (χ0) is 13.8. The molecule has 98 valence electrons. The third-order valence-electron chi connectivity index (χ3n) is 2.60. The number of carbonyl (C=O) groups excluding carboxylic acids is 1. The van der Waals surface area contributed by atoms with Crippen molar-refractivity contribution in [2.75, 3.05) is 10.7 Å². The first kappa shape index (κ1) is 13.0. The molecule has 0 bridgehead atoms. The van der Waals surface area contributed by atoms with Gasteiger partial charge in [-0.3, -0.25) is 15.6 Å². The molecule has 0 saturated heterocycles. The molecule has 0 unspecified atom stereocenters. The number of aryl methyl sites for hydroxylation is 2. The van der Waals surface area contributed by atoms with Crippen LogP contribution in [0.15, 0.2) is 30.6 Å². The standard InChI is InChI=1S/C13H15N5O/c1-8-3-4-15-12(5-8)17-13(19)10-7-16-9(2)6-11(10)18-14/h3-7H,14H2,1-2H3,(H,16,18)(H,15,17,19). The van der Waals surface area contributed by atoms with E-state index in [1.54, 1.807) is 18.3 Å². The number of nitrogens with zero attached hydrogens (tertiary/aromatic N) is 2. The van der Waals surface area contributed by atoms with E-state index in [-0.39, 0.29) is 5.91 Å². The first-order chi connectivity index (χ1) is 9.10. The Hall–Kier alpha value is -2.47. The summed E-state index contributed by atoms with van der Waals surface area (Å²) in [4.78, 5) is 20.3. The Morgan fingerprint density at radius 2 is 2.05 bits per heavy atom. The fraction of sp³-hybridized carbons (Fsp3) is 0.154. The van der Waals surface area contributed by atoms with Crippen LogP contribution in [0, 0.1) is 13.8 Å². The molecule has 4 N–H and O–H groups in total. The summed E-state index contributed by atoms with van der Waals surface area (Å²) in [6.07, 6.45) is 3.12. The topological polar surface area (TPSA) is 92.9 Å². The molecule has 2 aromatic rings. The molecule has 0 aliphatic carbocycles. The van der Waals surface area contributed by atoms with E-state index in [4.69, 9.17) is 5.84 Å². The maximum absolute atomic E-state index is 12.1. The Labute approximate surface area is 111 Å². The van der Waals surface area contributed by atoms with Crippen LogP contribution in [0.25, 0.3) is 0 Å². The number of rotatable bonds is 3. The van der Waals surface area contributed by atoms with Gasteiger partial charge in [0.1, 0.15) is 5.82 Å². The number of nitrogens with one attached hydrogen (secondary N) is 2. The van der Waals surface area contributed by atoms with Gasteiger partial charge in [-0.2, -0.15) is 0 Å². The van der Waals surface area contributed by atoms with Crippen LogP contribution in [0.2, 0.25) is 0 Å². The van der Waals surface area contributed by atoms with Crippen LogP contribution in [0.5, 0.6) is 0 Å². The molecule has 0 radical (unpaired) electrons. The first-order valence-electron chi connectivity index (χ1n) is 5.77. The van der Waals surface area contributed by atoms with Gasteiger partial charge in [0.2, 0.25) is 0 Å². The summed E-state index contributed by atoms with van der Waals surface area (Å²) in [6, 6.07) is 5.35. The van der Waals surface area contributed by atoms with Crippen LogP contribution in [0.4, 0.5) is 11.5 Å². The van der Waals surface area contributed by atoms with Crippen molar-refractivity contribution in [1.82, 2.24) is 9.97 Å². The number of hydrogen-bond donors (Lipinski definition) is 3. The Kier molecular flexibility index (Phi) is 3.72. The molecule has 2 heterocycles. The van der Waals surface area contributed by atoms with Crippen molar-refractivity contribution in [1.29, 1.82) is 0 Å². The molecule has 0 saturated carbocycles. The molecule has 0 fully saturated rings. The fourth-order valence-electron chi connectivity index (χ4n) is 1.65. The molecule has 0 aliphatic rings. The predicted octanol–water partition coefficient (Wildman–Crippen LogP) is 1.63. The Morgan fingerprint density at radius 1 is 1.26 bits per heavy atom. The highest BCUT2D eigenvalue weighted by Crippen LogP contribution is 2.16. The first-order valence-corrected chi connectivity index (χ1v) is 5.77. The second kappa shape index (κ2) is 5.45. The molecule has 0 atom stereocenters. The Balaban J connectivity index is 2.25. The van der Waals surface area contributed by atoms with Crippen LogP contribution >= 0.6 is 0 Å².